The third-order valence-corrected chi connectivity index (χ3v) is 9.08. The lowest BCUT2D eigenvalue weighted by atomic mass is 9.43. The second kappa shape index (κ2) is 11.5. The zero-order chi connectivity index (χ0) is 30.3. The van der Waals surface area contributed by atoms with Gasteiger partial charge in [-0.3, -0.25) is 14.4 Å². The first-order valence-electron chi connectivity index (χ1n) is 14.6. The fourth-order valence-electron chi connectivity index (χ4n) is 6.90. The number of ether oxygens (including phenoxy) is 2. The number of carbonyl (C=O) groups is 4. The quantitative estimate of drug-likeness (QED) is 0.239. The van der Waals surface area contributed by atoms with Crippen molar-refractivity contribution < 1.29 is 38.0 Å². The number of amides is 1. The highest BCUT2D eigenvalue weighted by atomic mass is 16.7. The lowest BCUT2D eigenvalue weighted by Gasteiger charge is -2.64. The van der Waals surface area contributed by atoms with Crippen LogP contribution in [0.4, 0.5) is 0 Å². The number of hydrogen-bond donors (Lipinski definition) is 1. The monoisotopic (exact) mass is 569 g/mol. The molecule has 1 aromatic carbocycles. The number of benzene rings is 1. The van der Waals surface area contributed by atoms with Crippen LogP contribution >= 0.6 is 0 Å². The molecule has 1 aliphatic heterocycles. The average Bonchev–Trinajstić information content (AvgIpc) is 3.22. The summed E-state index contributed by atoms with van der Waals surface area (Å²) < 4.78 is 24.5. The van der Waals surface area contributed by atoms with E-state index in [1.807, 2.05) is 6.07 Å². The van der Waals surface area contributed by atoms with Crippen molar-refractivity contribution in [1.82, 2.24) is 5.32 Å². The van der Waals surface area contributed by atoms with Crippen LogP contribution in [0.25, 0.3) is 0 Å². The van der Waals surface area contributed by atoms with Gasteiger partial charge in [-0.25, -0.2) is 4.79 Å². The van der Waals surface area contributed by atoms with Crippen molar-refractivity contribution in [3.63, 3.8) is 0 Å². The van der Waals surface area contributed by atoms with E-state index in [4.69, 9.17) is 18.8 Å². The molecule has 5 atom stereocenters. The van der Waals surface area contributed by atoms with Crippen LogP contribution in [0.3, 0.4) is 0 Å². The van der Waals surface area contributed by atoms with Crippen molar-refractivity contribution in [2.75, 3.05) is 7.11 Å². The van der Waals surface area contributed by atoms with Crippen molar-refractivity contribution in [3.8, 4) is 5.75 Å². The van der Waals surface area contributed by atoms with E-state index in [1.54, 1.807) is 32.9 Å². The molecule has 9 nitrogen and oxygen atoms in total. The van der Waals surface area contributed by atoms with Gasteiger partial charge in [0.15, 0.2) is 0 Å². The second-order valence-corrected chi connectivity index (χ2v) is 13.6. The number of carbonyl (C=O) groups excluding carboxylic acids is 4. The van der Waals surface area contributed by atoms with Crippen LogP contribution in [-0.2, 0) is 34.9 Å². The van der Waals surface area contributed by atoms with E-state index in [-0.39, 0.29) is 60.2 Å². The maximum Gasteiger partial charge on any atom is 0.482 e. The minimum Gasteiger partial charge on any atom is -0.496 e. The van der Waals surface area contributed by atoms with Gasteiger partial charge in [-0.15, -0.1) is 0 Å². The van der Waals surface area contributed by atoms with Crippen molar-refractivity contribution in [1.29, 1.82) is 0 Å². The van der Waals surface area contributed by atoms with Gasteiger partial charge >= 0.3 is 13.1 Å². The maximum atomic E-state index is 13.1. The van der Waals surface area contributed by atoms with Gasteiger partial charge in [0, 0.05) is 12.8 Å². The van der Waals surface area contributed by atoms with E-state index in [2.05, 4.69) is 26.1 Å². The predicted octanol–water partition coefficient (Wildman–Crippen LogP) is 4.27. The molecule has 4 aliphatic rings. The van der Waals surface area contributed by atoms with Gasteiger partial charge in [0.05, 0.1) is 31.2 Å². The molecule has 1 amide bonds. The first-order valence-corrected chi connectivity index (χ1v) is 14.6. The fourth-order valence-corrected chi connectivity index (χ4v) is 6.90. The molecule has 224 valence electrons. The van der Waals surface area contributed by atoms with Crippen molar-refractivity contribution in [2.45, 2.75) is 110 Å². The summed E-state index contributed by atoms with van der Waals surface area (Å²) in [5.41, 5.74) is -0.0297. The zero-order valence-electron chi connectivity index (χ0n) is 25.6. The van der Waals surface area contributed by atoms with Gasteiger partial charge in [-0.1, -0.05) is 26.0 Å². The molecule has 3 saturated carbocycles. The topological polar surface area (TPSA) is 117 Å². The van der Waals surface area contributed by atoms with Crippen LogP contribution in [0.1, 0.15) is 96.5 Å². The normalized spacial score (nSPS) is 26.8. The van der Waals surface area contributed by atoms with E-state index < -0.39 is 30.2 Å². The smallest absolute Gasteiger partial charge is 0.482 e. The van der Waals surface area contributed by atoms with Crippen LogP contribution in [0.5, 0.6) is 5.75 Å². The van der Waals surface area contributed by atoms with Crippen LogP contribution in [0.15, 0.2) is 18.2 Å². The van der Waals surface area contributed by atoms with Crippen LogP contribution in [0.2, 0.25) is 0 Å². The molecule has 1 saturated heterocycles. The summed E-state index contributed by atoms with van der Waals surface area (Å²) >= 11 is 0. The Bertz CT molecular complexity index is 1210. The summed E-state index contributed by atoms with van der Waals surface area (Å²) in [7, 11) is 0.765. The van der Waals surface area contributed by atoms with Crippen LogP contribution in [-0.4, -0.2) is 60.9 Å². The largest absolute Gasteiger partial charge is 0.496 e. The number of esters is 1. The number of para-hydroxylation sites is 1. The van der Waals surface area contributed by atoms with E-state index in [0.29, 0.717) is 23.1 Å². The summed E-state index contributed by atoms with van der Waals surface area (Å²) in [6.45, 7) is 13.4. The Balaban J connectivity index is 1.58. The summed E-state index contributed by atoms with van der Waals surface area (Å²) in [5, 5.41) is 3.03. The summed E-state index contributed by atoms with van der Waals surface area (Å²) in [4.78, 5) is 49.4. The van der Waals surface area contributed by atoms with Gasteiger partial charge in [0.25, 0.3) is 0 Å². The maximum absolute atomic E-state index is 13.1. The Labute approximate surface area is 243 Å². The van der Waals surface area contributed by atoms with Crippen LogP contribution < -0.4 is 10.1 Å². The Kier molecular flexibility index (Phi) is 8.77. The first kappa shape index (κ1) is 31.2. The first-order chi connectivity index (χ1) is 19.0. The lowest BCUT2D eigenvalue weighted by molar-refractivity contribution is -0.199. The molecule has 1 aromatic rings. The number of methoxy groups -OCH3 is 1. The van der Waals surface area contributed by atoms with E-state index >= 15 is 0 Å². The molecular weight excluding hydrogens is 525 g/mol. The van der Waals surface area contributed by atoms with Gasteiger partial charge in [-0.2, -0.15) is 0 Å². The van der Waals surface area contributed by atoms with Crippen molar-refractivity contribution in [3.05, 3.63) is 29.3 Å². The zero-order valence-corrected chi connectivity index (χ0v) is 25.6. The van der Waals surface area contributed by atoms with E-state index in [9.17, 15) is 19.2 Å². The number of ketones is 2. The van der Waals surface area contributed by atoms with Gasteiger partial charge < -0.3 is 24.1 Å². The number of rotatable bonds is 11. The molecule has 3 aliphatic carbocycles. The van der Waals surface area contributed by atoms with Crippen molar-refractivity contribution >= 4 is 30.6 Å². The molecule has 5 rings (SSSR count). The van der Waals surface area contributed by atoms with Gasteiger partial charge in [-0.05, 0) is 82.8 Å². The minimum absolute atomic E-state index is 0.0275. The van der Waals surface area contributed by atoms with Crippen LogP contribution in [0, 0.1) is 17.3 Å². The lowest BCUT2D eigenvalue weighted by Crippen LogP contribution is -2.65. The number of hydrogen-bond acceptors (Lipinski definition) is 8. The predicted molar refractivity (Wildman–Crippen MR) is 153 cm³/mol. The Morgan fingerprint density at radius 2 is 1.83 bits per heavy atom. The standard InChI is InChI=1S/C31H44BNO8/c1-18(34)14-21(35)12-13-26(36)33-25(32-40-24-17-20-16-23(30(20,5)6)31(24,7)41-32)15-19-10-9-11-22(27(19)38-8)28(37)39-29(2,3)4/h9-11,20,23-25H,12-17H2,1-8H3,(H,33,36). The van der Waals surface area contributed by atoms with Crippen molar-refractivity contribution in [2.24, 2.45) is 17.3 Å². The molecule has 1 N–H and O–H groups in total. The summed E-state index contributed by atoms with van der Waals surface area (Å²) in [5.74, 6) is -0.688. The third-order valence-electron chi connectivity index (χ3n) is 9.08. The third kappa shape index (κ3) is 6.53. The molecular formula is C31H44BNO8. The highest BCUT2D eigenvalue weighted by Crippen LogP contribution is 2.65. The Morgan fingerprint density at radius 1 is 1.12 bits per heavy atom. The second-order valence-electron chi connectivity index (χ2n) is 13.6. The van der Waals surface area contributed by atoms with E-state index in [0.717, 1.165) is 12.8 Å². The molecule has 1 heterocycles. The highest BCUT2D eigenvalue weighted by molar-refractivity contribution is 6.48. The summed E-state index contributed by atoms with van der Waals surface area (Å²) in [6, 6.07) is 5.25. The molecule has 4 fully saturated rings. The van der Waals surface area contributed by atoms with Gasteiger partial charge in [0.2, 0.25) is 5.91 Å². The number of Topliss-reactive ketones (excluding diaryl/α,β-unsaturated/α-hetero) is 2. The summed E-state index contributed by atoms with van der Waals surface area (Å²) in [6.07, 6.45) is 1.90. The Morgan fingerprint density at radius 3 is 2.44 bits per heavy atom. The SMILES string of the molecule is COc1c(CC(NC(=O)CCC(=O)CC(C)=O)B2OC3CC4CC(C4(C)C)C3(C)O2)cccc1C(=O)OC(C)(C)C. The minimum atomic E-state index is -0.730. The number of nitrogens with one attached hydrogen (secondary N) is 1. The molecule has 0 radical (unpaired) electrons. The molecule has 41 heavy (non-hydrogen) atoms. The molecule has 2 bridgehead atoms. The van der Waals surface area contributed by atoms with E-state index in [1.165, 1.54) is 14.0 Å². The molecule has 0 spiro atoms. The molecule has 0 aromatic heterocycles. The Hall–Kier alpha value is -2.72. The fraction of sp³-hybridized carbons (Fsp3) is 0.677. The molecule has 5 unspecified atom stereocenters. The molecule has 10 heteroatoms. The average molecular weight is 570 g/mol. The highest BCUT2D eigenvalue weighted by Gasteiger charge is 2.68. The van der Waals surface area contributed by atoms with Gasteiger partial charge in [0.1, 0.15) is 28.5 Å².